The van der Waals surface area contributed by atoms with Crippen LogP contribution >= 0.6 is 0 Å². The number of esters is 1. The van der Waals surface area contributed by atoms with Crippen LogP contribution in [0.4, 0.5) is 5.69 Å². The van der Waals surface area contributed by atoms with Crippen molar-refractivity contribution in [3.8, 4) is 11.1 Å². The van der Waals surface area contributed by atoms with Crippen molar-refractivity contribution < 1.29 is 60.1 Å². The number of nitro benzene ring substituents is 1. The molecule has 2 aromatic rings. The molecule has 0 radical (unpaired) electrons. The lowest BCUT2D eigenvalue weighted by atomic mass is 9.91. The fourth-order valence-electron chi connectivity index (χ4n) is 6.44. The molecule has 0 aliphatic carbocycles. The molecule has 1 aromatic carbocycles. The van der Waals surface area contributed by atoms with Gasteiger partial charge in [-0.3, -0.25) is 19.9 Å². The second kappa shape index (κ2) is 20.2. The highest BCUT2D eigenvalue weighted by Gasteiger charge is 2.55. The fourth-order valence-corrected chi connectivity index (χ4v) is 11.6. The van der Waals surface area contributed by atoms with Crippen LogP contribution in [0.2, 0.25) is 118 Å². The van der Waals surface area contributed by atoms with E-state index in [1.807, 2.05) is 118 Å². The Morgan fingerprint density at radius 2 is 1.13 bits per heavy atom. The first kappa shape index (κ1) is 53.6. The Balaban J connectivity index is 2.47. The molecule has 5 atom stereocenters. The molecular weight excluding hydrogens is 901 g/mol. The minimum atomic E-state index is -2.62. The van der Waals surface area contributed by atoms with Gasteiger partial charge in [-0.25, -0.2) is 9.59 Å². The van der Waals surface area contributed by atoms with Crippen LogP contribution in [0.3, 0.4) is 0 Å². The molecule has 1 fully saturated rings. The quantitative estimate of drug-likeness (QED) is 0.0560. The summed E-state index contributed by atoms with van der Waals surface area (Å²) < 4.78 is 57.6. The third kappa shape index (κ3) is 16.0. The molecule has 1 saturated heterocycles. The van der Waals surface area contributed by atoms with E-state index in [1.54, 1.807) is 6.07 Å². The van der Waals surface area contributed by atoms with Crippen LogP contribution < -0.4 is 0 Å². The molecule has 1 aliphatic rings. The van der Waals surface area contributed by atoms with E-state index in [1.165, 1.54) is 18.2 Å². The van der Waals surface area contributed by atoms with Gasteiger partial charge < -0.3 is 40.8 Å². The van der Waals surface area contributed by atoms with Crippen molar-refractivity contribution in [1.29, 1.82) is 0 Å². The van der Waals surface area contributed by atoms with Gasteiger partial charge in [0.1, 0.15) is 18.3 Å². The van der Waals surface area contributed by atoms with Crippen LogP contribution in [0.5, 0.6) is 0 Å². The molecule has 1 aliphatic heterocycles. The van der Waals surface area contributed by atoms with E-state index in [-0.39, 0.29) is 45.9 Å². The van der Waals surface area contributed by atoms with Crippen LogP contribution in [-0.4, -0.2) is 116 Å². The molecule has 22 heteroatoms. The molecule has 0 bridgehead atoms. The van der Waals surface area contributed by atoms with E-state index in [9.17, 15) is 24.5 Å². The van der Waals surface area contributed by atoms with Gasteiger partial charge in [0.25, 0.3) is 5.69 Å². The predicted molar refractivity (Wildman–Crippen MR) is 252 cm³/mol. The van der Waals surface area contributed by atoms with E-state index in [0.717, 1.165) is 7.11 Å². The van der Waals surface area contributed by atoms with E-state index in [4.69, 9.17) is 45.8 Å². The maximum atomic E-state index is 14.4. The van der Waals surface area contributed by atoms with Crippen molar-refractivity contribution in [1.82, 2.24) is 4.98 Å². The van der Waals surface area contributed by atoms with E-state index in [2.05, 4.69) is 0 Å². The summed E-state index contributed by atoms with van der Waals surface area (Å²) in [6.45, 7) is 34.5. The Labute approximate surface area is 373 Å². The maximum absolute atomic E-state index is 14.4. The van der Waals surface area contributed by atoms with Gasteiger partial charge in [0.15, 0.2) is 45.7 Å². The highest BCUT2D eigenvalue weighted by Crippen LogP contribution is 2.40. The van der Waals surface area contributed by atoms with Crippen molar-refractivity contribution in [2.45, 2.75) is 162 Å². The number of carbonyl (C=O) groups is 3. The zero-order chi connectivity index (χ0) is 47.6. The van der Waals surface area contributed by atoms with E-state index >= 15 is 0 Å². The number of ether oxygens (including phenoxy) is 3. The highest BCUT2D eigenvalue weighted by molar-refractivity contribution is 6.72. The van der Waals surface area contributed by atoms with Crippen molar-refractivity contribution in [2.24, 2.45) is 0 Å². The fraction of sp³-hybridized carbons (Fsp3) is 0.650. The number of para-hydroxylation sites is 1. The SMILES string of the molecule is COC(=O)c1c(CO[C@@H]2O[C@H](C(=O)O[Si](C)(C)C)[C@@H](O[Si](C)(C)C)[C@H](O[Si](C)(C)C)[C@H]2O[Si](C)(C)C)nc(CO[Si](C)(C)C)c(C(=O)O[Si](C)(C)C)c1-c1ccccc1[N+](=O)[O-]. The monoisotopic (exact) mass is 970 g/mol. The van der Waals surface area contributed by atoms with Crippen molar-refractivity contribution in [3.63, 3.8) is 0 Å². The summed E-state index contributed by atoms with van der Waals surface area (Å²) >= 11 is 0. The molecule has 0 unspecified atom stereocenters. The average molecular weight is 972 g/mol. The Bertz CT molecular complexity index is 1950. The summed E-state index contributed by atoms with van der Waals surface area (Å²) in [5.41, 5.74) is -0.923. The zero-order valence-corrected chi connectivity index (χ0v) is 46.2. The maximum Gasteiger partial charge on any atom is 0.340 e. The number of nitrogens with zero attached hydrogens (tertiary/aromatic N) is 2. The molecule has 62 heavy (non-hydrogen) atoms. The first-order valence-electron chi connectivity index (χ1n) is 20.8. The van der Waals surface area contributed by atoms with Gasteiger partial charge in [-0.15, -0.1) is 0 Å². The standard InChI is InChI=1S/C40H70N2O14Si6/c1-48-37(43)31-27(41-28(25-50-57(2,3)4)32(38(44)55-61(14,15)16)30(31)26-22-20-21-23-29(26)42(46)47)24-49-40-36(54-60(11,12)13)34(53-59(8,9)10)33(52-58(5,6)7)35(51-40)39(45)56-62(17,18)19/h20-23,33-36,40H,24-25H2,1-19H3/t33-,34-,35-,36+,40+/m0/s1. The molecule has 0 N–H and O–H groups in total. The summed E-state index contributed by atoms with van der Waals surface area (Å²) in [5.74, 6) is -2.39. The molecule has 0 amide bonds. The number of hydrogen-bond acceptors (Lipinski definition) is 15. The second-order valence-electron chi connectivity index (χ2n) is 21.2. The largest absolute Gasteiger partial charge is 0.518 e. The number of pyridine rings is 1. The summed E-state index contributed by atoms with van der Waals surface area (Å²) in [4.78, 5) is 59.7. The topological polar surface area (TPSA) is 190 Å². The zero-order valence-electron chi connectivity index (χ0n) is 40.2. The number of carbonyl (C=O) groups excluding carboxylic acids is 3. The molecule has 1 aromatic heterocycles. The molecule has 0 spiro atoms. The first-order chi connectivity index (χ1) is 28.0. The van der Waals surface area contributed by atoms with Gasteiger partial charge in [-0.05, 0) is 124 Å². The summed E-state index contributed by atoms with van der Waals surface area (Å²) in [5, 5.41) is 12.6. The third-order valence-electron chi connectivity index (χ3n) is 8.34. The van der Waals surface area contributed by atoms with Crippen molar-refractivity contribution in [2.75, 3.05) is 7.11 Å². The lowest BCUT2D eigenvalue weighted by molar-refractivity contribution is -0.384. The molecule has 2 heterocycles. The van der Waals surface area contributed by atoms with Crippen molar-refractivity contribution in [3.05, 3.63) is 56.9 Å². The lowest BCUT2D eigenvalue weighted by Crippen LogP contribution is -2.67. The number of benzene rings is 1. The Hall–Kier alpha value is -2.76. The number of hydrogen-bond donors (Lipinski definition) is 0. The molecule has 0 saturated carbocycles. The summed E-state index contributed by atoms with van der Waals surface area (Å²) in [6.07, 6.45) is -5.33. The van der Waals surface area contributed by atoms with Gasteiger partial charge in [0.2, 0.25) is 16.6 Å². The van der Waals surface area contributed by atoms with Crippen LogP contribution in [0.15, 0.2) is 24.3 Å². The Morgan fingerprint density at radius 3 is 1.61 bits per heavy atom. The van der Waals surface area contributed by atoms with Crippen molar-refractivity contribution >= 4 is 73.5 Å². The molecular formula is C40H70N2O14Si6. The van der Waals surface area contributed by atoms with E-state index in [0.29, 0.717) is 0 Å². The molecule has 16 nitrogen and oxygen atoms in total. The van der Waals surface area contributed by atoms with Gasteiger partial charge in [-0.1, -0.05) is 12.1 Å². The Morgan fingerprint density at radius 1 is 0.645 bits per heavy atom. The van der Waals surface area contributed by atoms with Gasteiger partial charge >= 0.3 is 17.9 Å². The van der Waals surface area contributed by atoms with Gasteiger partial charge in [0, 0.05) is 11.6 Å². The molecule has 3 rings (SSSR count). The number of nitro groups is 1. The van der Waals surface area contributed by atoms with E-state index < -0.39 is 110 Å². The number of aromatic nitrogens is 1. The normalized spacial score (nSPS) is 20.4. The number of rotatable bonds is 19. The van der Waals surface area contributed by atoms with Gasteiger partial charge in [-0.2, -0.15) is 0 Å². The lowest BCUT2D eigenvalue weighted by Gasteiger charge is -2.50. The predicted octanol–water partition coefficient (Wildman–Crippen LogP) is 9.07. The van der Waals surface area contributed by atoms with Crippen LogP contribution in [0.1, 0.15) is 32.1 Å². The average Bonchev–Trinajstić information content (AvgIpc) is 3.07. The van der Waals surface area contributed by atoms with Crippen LogP contribution in [0.25, 0.3) is 11.1 Å². The minimum Gasteiger partial charge on any atom is -0.518 e. The highest BCUT2D eigenvalue weighted by atomic mass is 28.4. The first-order valence-corrected chi connectivity index (χ1v) is 41.2. The third-order valence-corrected chi connectivity index (χ3v) is 13.9. The van der Waals surface area contributed by atoms with Crippen LogP contribution in [-0.2, 0) is 58.8 Å². The Kier molecular flexibility index (Phi) is 17.4. The van der Waals surface area contributed by atoms with Crippen LogP contribution in [0, 0.1) is 10.1 Å². The summed E-state index contributed by atoms with van der Waals surface area (Å²) in [6, 6.07) is 5.79. The second-order valence-corrected chi connectivity index (χ2v) is 47.9. The number of methoxy groups -OCH3 is 1. The minimum absolute atomic E-state index is 0.0385. The van der Waals surface area contributed by atoms with Gasteiger partial charge in [0.05, 0.1) is 53.3 Å². The molecule has 348 valence electrons. The summed E-state index contributed by atoms with van der Waals surface area (Å²) in [7, 11) is -13.5. The smallest absolute Gasteiger partial charge is 0.340 e.